The zero-order valence-electron chi connectivity index (χ0n) is 19.4. The molecule has 0 unspecified atom stereocenters. The summed E-state index contributed by atoms with van der Waals surface area (Å²) in [6, 6.07) is 19.1. The molecule has 0 amide bonds. The summed E-state index contributed by atoms with van der Waals surface area (Å²) in [5.41, 5.74) is 2.92. The van der Waals surface area contributed by atoms with Crippen LogP contribution >= 0.6 is 34.9 Å². The second-order valence-corrected chi connectivity index (χ2v) is 11.7. The highest BCUT2D eigenvalue weighted by Gasteiger charge is 2.33. The van der Waals surface area contributed by atoms with E-state index in [9.17, 15) is 9.59 Å². The fourth-order valence-electron chi connectivity index (χ4n) is 4.06. The molecule has 1 aliphatic carbocycles. The van der Waals surface area contributed by atoms with Gasteiger partial charge in [0.2, 0.25) is 0 Å². The molecule has 5 rings (SSSR count). The summed E-state index contributed by atoms with van der Waals surface area (Å²) in [7, 11) is 0. The molecule has 0 bridgehead atoms. The van der Waals surface area contributed by atoms with Crippen LogP contribution in [-0.2, 0) is 4.74 Å². The maximum Gasteiger partial charge on any atom is 0.195 e. The van der Waals surface area contributed by atoms with Gasteiger partial charge < -0.3 is 4.74 Å². The zero-order valence-corrected chi connectivity index (χ0v) is 21.9. The van der Waals surface area contributed by atoms with E-state index in [2.05, 4.69) is 6.92 Å². The lowest BCUT2D eigenvalue weighted by molar-refractivity contribution is 0.0974. The molecule has 1 aromatic heterocycles. The van der Waals surface area contributed by atoms with Crippen LogP contribution in [0.4, 0.5) is 0 Å². The molecule has 1 heterocycles. The van der Waals surface area contributed by atoms with Crippen molar-refractivity contribution in [1.29, 1.82) is 0 Å². The number of thiazole rings is 1. The number of hydrogen-bond acceptors (Lipinski definition) is 7. The largest absolute Gasteiger partial charge is 0.381 e. The number of thioether (sulfide) groups is 1. The molecule has 0 fully saturated rings. The smallest absolute Gasteiger partial charge is 0.195 e. The van der Waals surface area contributed by atoms with Gasteiger partial charge in [-0.25, -0.2) is 4.98 Å². The lowest BCUT2D eigenvalue weighted by Crippen LogP contribution is -2.22. The van der Waals surface area contributed by atoms with Crippen LogP contribution in [0.2, 0.25) is 0 Å². The van der Waals surface area contributed by atoms with Crippen molar-refractivity contribution in [1.82, 2.24) is 4.98 Å². The van der Waals surface area contributed by atoms with E-state index in [4.69, 9.17) is 9.72 Å². The molecule has 0 atom stereocenters. The number of ether oxygens (including phenoxy) is 1. The van der Waals surface area contributed by atoms with Gasteiger partial charge >= 0.3 is 0 Å². The lowest BCUT2D eigenvalue weighted by atomic mass is 9.84. The molecule has 7 heteroatoms. The van der Waals surface area contributed by atoms with Crippen molar-refractivity contribution >= 4 is 56.6 Å². The third kappa shape index (κ3) is 5.09. The number of rotatable bonds is 10. The fraction of sp³-hybridized carbons (Fsp3) is 0.250. The summed E-state index contributed by atoms with van der Waals surface area (Å²) in [5, 5.41) is 0. The number of hydrogen-bond donors (Lipinski definition) is 0. The normalized spacial score (nSPS) is 12.7. The summed E-state index contributed by atoms with van der Waals surface area (Å²) >= 11 is 4.67. The average molecular weight is 520 g/mol. The molecule has 35 heavy (non-hydrogen) atoms. The molecule has 1 aliphatic rings. The van der Waals surface area contributed by atoms with E-state index in [0.29, 0.717) is 28.9 Å². The topological polar surface area (TPSA) is 56.3 Å². The molecular weight excluding hydrogens is 495 g/mol. The highest BCUT2D eigenvalue weighted by atomic mass is 32.2. The van der Waals surface area contributed by atoms with Crippen molar-refractivity contribution in [2.24, 2.45) is 0 Å². The average Bonchev–Trinajstić information content (AvgIpc) is 3.29. The van der Waals surface area contributed by atoms with Crippen molar-refractivity contribution in [2.75, 3.05) is 19.0 Å². The van der Waals surface area contributed by atoms with Crippen molar-refractivity contribution in [2.45, 2.75) is 40.3 Å². The SMILES string of the molecule is CCCCOCCCSc1cccc2c1C(=O)c1cccc(Sc3nc4ccccc4s3)c1C2=O. The number of para-hydroxylation sites is 1. The molecule has 3 aromatic carbocycles. The number of benzene rings is 3. The summed E-state index contributed by atoms with van der Waals surface area (Å²) in [4.78, 5) is 33.6. The highest BCUT2D eigenvalue weighted by molar-refractivity contribution is 8.01. The third-order valence-electron chi connectivity index (χ3n) is 5.80. The van der Waals surface area contributed by atoms with Gasteiger partial charge in [0.05, 0.1) is 10.2 Å². The van der Waals surface area contributed by atoms with E-state index >= 15 is 0 Å². The first kappa shape index (κ1) is 24.3. The number of nitrogens with zero attached hydrogens (tertiary/aromatic N) is 1. The Balaban J connectivity index is 1.38. The van der Waals surface area contributed by atoms with Gasteiger partial charge in [-0.05, 0) is 37.1 Å². The first-order valence-corrected chi connectivity index (χ1v) is 14.4. The van der Waals surface area contributed by atoms with E-state index in [1.807, 2.05) is 48.5 Å². The second kappa shape index (κ2) is 11.1. The van der Waals surface area contributed by atoms with E-state index in [1.54, 1.807) is 35.2 Å². The Kier molecular flexibility index (Phi) is 7.68. The maximum absolute atomic E-state index is 13.7. The van der Waals surface area contributed by atoms with Crippen molar-refractivity contribution in [3.05, 3.63) is 82.9 Å². The van der Waals surface area contributed by atoms with Gasteiger partial charge in [0, 0.05) is 51.0 Å². The summed E-state index contributed by atoms with van der Waals surface area (Å²) < 4.78 is 7.61. The van der Waals surface area contributed by atoms with Crippen LogP contribution < -0.4 is 0 Å². The molecule has 0 N–H and O–H groups in total. The van der Waals surface area contributed by atoms with Gasteiger partial charge in [-0.2, -0.15) is 0 Å². The third-order valence-corrected chi connectivity index (χ3v) is 9.10. The minimum atomic E-state index is -0.0934. The number of fused-ring (bicyclic) bond motifs is 3. The van der Waals surface area contributed by atoms with Gasteiger partial charge in [-0.15, -0.1) is 23.1 Å². The Morgan fingerprint density at radius 1 is 0.829 bits per heavy atom. The van der Waals surface area contributed by atoms with E-state index in [-0.39, 0.29) is 11.6 Å². The van der Waals surface area contributed by atoms with E-state index in [0.717, 1.165) is 56.0 Å². The number of carbonyl (C=O) groups excluding carboxylic acids is 2. The molecule has 0 spiro atoms. The molecule has 0 radical (unpaired) electrons. The zero-order chi connectivity index (χ0) is 24.2. The lowest BCUT2D eigenvalue weighted by Gasteiger charge is -2.21. The van der Waals surface area contributed by atoms with Crippen LogP contribution in [0.25, 0.3) is 10.2 Å². The van der Waals surface area contributed by atoms with Crippen LogP contribution in [0, 0.1) is 0 Å². The van der Waals surface area contributed by atoms with E-state index in [1.165, 1.54) is 11.8 Å². The Morgan fingerprint density at radius 3 is 2.26 bits per heavy atom. The van der Waals surface area contributed by atoms with Crippen LogP contribution in [0.3, 0.4) is 0 Å². The summed E-state index contributed by atoms with van der Waals surface area (Å²) in [6.45, 7) is 3.66. The van der Waals surface area contributed by atoms with Crippen molar-refractivity contribution in [3.63, 3.8) is 0 Å². The molecule has 178 valence electrons. The Morgan fingerprint density at radius 2 is 1.51 bits per heavy atom. The van der Waals surface area contributed by atoms with Gasteiger partial charge in [-0.3, -0.25) is 9.59 Å². The second-order valence-electron chi connectivity index (χ2n) is 8.23. The monoisotopic (exact) mass is 519 g/mol. The van der Waals surface area contributed by atoms with Crippen LogP contribution in [0.15, 0.2) is 74.8 Å². The quantitative estimate of drug-likeness (QED) is 0.140. The first-order chi connectivity index (χ1) is 17.2. The van der Waals surface area contributed by atoms with Crippen LogP contribution in [0.1, 0.15) is 58.0 Å². The summed E-state index contributed by atoms with van der Waals surface area (Å²) in [5.74, 6) is 0.664. The van der Waals surface area contributed by atoms with Gasteiger partial charge in [0.25, 0.3) is 0 Å². The molecule has 0 saturated carbocycles. The molecule has 0 aliphatic heterocycles. The minimum absolute atomic E-state index is 0.0800. The number of carbonyl (C=O) groups is 2. The van der Waals surface area contributed by atoms with Crippen molar-refractivity contribution in [3.8, 4) is 0 Å². The highest BCUT2D eigenvalue weighted by Crippen LogP contribution is 2.41. The van der Waals surface area contributed by atoms with Gasteiger partial charge in [0.1, 0.15) is 0 Å². The number of aromatic nitrogens is 1. The Hall–Kier alpha value is -2.45. The standard InChI is InChI=1S/C28H25NO3S3/c1-2-3-15-32-16-8-17-33-22-13-6-9-18-24(22)26(30)19-10-7-14-23(25(19)27(18)31)35-28-29-20-11-4-5-12-21(20)34-28/h4-7,9-14H,2-3,8,15-17H2,1H3. The fourth-order valence-corrected chi connectivity index (χ4v) is 7.25. The Bertz CT molecular complexity index is 1360. The Labute approximate surface area is 217 Å². The maximum atomic E-state index is 13.7. The minimum Gasteiger partial charge on any atom is -0.381 e. The summed E-state index contributed by atoms with van der Waals surface area (Å²) in [6.07, 6.45) is 3.11. The van der Waals surface area contributed by atoms with Crippen LogP contribution in [-0.4, -0.2) is 35.5 Å². The van der Waals surface area contributed by atoms with Crippen molar-refractivity contribution < 1.29 is 14.3 Å². The first-order valence-electron chi connectivity index (χ1n) is 11.8. The molecule has 0 saturated heterocycles. The van der Waals surface area contributed by atoms with Crippen LogP contribution in [0.5, 0.6) is 0 Å². The van der Waals surface area contributed by atoms with Gasteiger partial charge in [-0.1, -0.05) is 61.5 Å². The van der Waals surface area contributed by atoms with E-state index < -0.39 is 0 Å². The molecule has 4 aromatic rings. The van der Waals surface area contributed by atoms with Gasteiger partial charge in [0.15, 0.2) is 15.9 Å². The number of unbranched alkanes of at least 4 members (excludes halogenated alkanes) is 1. The molecule has 4 nitrogen and oxygen atoms in total. The number of ketones is 2. The predicted octanol–water partition coefficient (Wildman–Crippen LogP) is 7.52. The molecular formula is C28H25NO3S3. The predicted molar refractivity (Wildman–Crippen MR) is 145 cm³/mol.